The number of rotatable bonds is 11. The van der Waals surface area contributed by atoms with Gasteiger partial charge in [-0.2, -0.15) is 10.5 Å². The van der Waals surface area contributed by atoms with Gasteiger partial charge in [0.25, 0.3) is 11.8 Å². The summed E-state index contributed by atoms with van der Waals surface area (Å²) in [6, 6.07) is 13.2. The molecule has 1 fully saturated rings. The highest BCUT2D eigenvalue weighted by molar-refractivity contribution is 5.95. The maximum atomic E-state index is 13.2. The number of H-pyrrole nitrogens is 1. The van der Waals surface area contributed by atoms with Crippen LogP contribution >= 0.6 is 0 Å². The highest BCUT2D eigenvalue weighted by Crippen LogP contribution is 2.47. The van der Waals surface area contributed by atoms with E-state index in [9.17, 15) is 19.6 Å². The van der Waals surface area contributed by atoms with Gasteiger partial charge in [-0.15, -0.1) is 10.2 Å². The summed E-state index contributed by atoms with van der Waals surface area (Å²) >= 11 is 0. The number of nitriles is 1. The number of aromatic amines is 1. The Morgan fingerprint density at radius 1 is 1.02 bits per heavy atom. The second-order valence-electron chi connectivity index (χ2n) is 11.7. The summed E-state index contributed by atoms with van der Waals surface area (Å²) in [5.41, 5.74) is 4.11. The number of nitrogens with zero attached hydrogens (tertiary/aromatic N) is 5. The maximum Gasteiger partial charge on any atom is 0.251 e. The molecule has 12 nitrogen and oxygen atoms in total. The summed E-state index contributed by atoms with van der Waals surface area (Å²) in [6.07, 6.45) is 3.99. The second kappa shape index (κ2) is 14.0. The molecular formula is C33H41N9O3. The SMILES string of the molecule is CCNC(=O)c1ccc2c(c1)CCc1cc(C(=O)NCC)ccc1C2(C[C@@H](CC)NCC(=O)N1CCC[C@H]1C#N)c1nn[nH]n1. The molecule has 1 aliphatic heterocycles. The van der Waals surface area contributed by atoms with Crippen LogP contribution in [0.1, 0.15) is 95.2 Å². The van der Waals surface area contributed by atoms with Gasteiger partial charge in [0.15, 0.2) is 5.82 Å². The van der Waals surface area contributed by atoms with Crippen molar-refractivity contribution < 1.29 is 14.4 Å². The van der Waals surface area contributed by atoms with Crippen LogP contribution in [0.4, 0.5) is 0 Å². The number of hydrogen-bond acceptors (Lipinski definition) is 8. The van der Waals surface area contributed by atoms with E-state index in [1.165, 1.54) is 0 Å². The van der Waals surface area contributed by atoms with Crippen LogP contribution in [0, 0.1) is 11.3 Å². The standard InChI is InChI=1S/C33H41N9O3/c1-4-25(37-20-29(43)42-15-7-8-26(42)19-34)18-33(32-38-40-41-39-32)27-13-11-23(30(44)35-5-2)16-21(27)9-10-22-17-24(12-14-28(22)33)31(45)36-6-3/h11-14,16-17,25-26,37H,4-10,15,18,20H2,1-3H3,(H,35,44)(H,36,45)(H,38,39,40,41)/t25-,26+/m1/s1. The van der Waals surface area contributed by atoms with Gasteiger partial charge < -0.3 is 20.9 Å². The van der Waals surface area contributed by atoms with E-state index in [0.29, 0.717) is 68.7 Å². The van der Waals surface area contributed by atoms with Crippen molar-refractivity contribution in [2.75, 3.05) is 26.2 Å². The first-order valence-electron chi connectivity index (χ1n) is 15.9. The van der Waals surface area contributed by atoms with Crippen LogP contribution in [0.25, 0.3) is 0 Å². The second-order valence-corrected chi connectivity index (χ2v) is 11.7. The molecule has 2 aromatic carbocycles. The first kappa shape index (κ1) is 31.8. The third kappa shape index (κ3) is 6.31. The third-order valence-corrected chi connectivity index (χ3v) is 9.03. The van der Waals surface area contributed by atoms with Crippen molar-refractivity contribution in [2.45, 2.75) is 76.8 Å². The van der Waals surface area contributed by atoms with E-state index >= 15 is 0 Å². The van der Waals surface area contributed by atoms with E-state index in [4.69, 9.17) is 0 Å². The molecule has 2 heterocycles. The first-order chi connectivity index (χ1) is 21.9. The van der Waals surface area contributed by atoms with Gasteiger partial charge in [0, 0.05) is 36.8 Å². The topological polar surface area (TPSA) is 169 Å². The van der Waals surface area contributed by atoms with Crippen LogP contribution in [-0.2, 0) is 23.1 Å². The quantitative estimate of drug-likeness (QED) is 0.256. The lowest BCUT2D eigenvalue weighted by Crippen LogP contribution is -2.46. The summed E-state index contributed by atoms with van der Waals surface area (Å²) in [5, 5.41) is 34.5. The van der Waals surface area contributed by atoms with Gasteiger partial charge in [0.2, 0.25) is 5.91 Å². The van der Waals surface area contributed by atoms with Gasteiger partial charge in [-0.05, 0) is 98.9 Å². The zero-order valence-electron chi connectivity index (χ0n) is 26.2. The summed E-state index contributed by atoms with van der Waals surface area (Å²) in [6.45, 7) is 7.57. The van der Waals surface area contributed by atoms with Crippen LogP contribution in [0.2, 0.25) is 0 Å². The van der Waals surface area contributed by atoms with E-state index in [-0.39, 0.29) is 36.3 Å². The summed E-state index contributed by atoms with van der Waals surface area (Å²) in [5.74, 6) is 0.0925. The molecule has 3 aromatic rings. The van der Waals surface area contributed by atoms with E-state index in [1.807, 2.05) is 50.2 Å². The molecule has 4 N–H and O–H groups in total. The number of hydrogen-bond donors (Lipinski definition) is 4. The van der Waals surface area contributed by atoms with E-state index in [1.54, 1.807) is 4.90 Å². The molecule has 0 spiro atoms. The Morgan fingerprint density at radius 2 is 1.64 bits per heavy atom. The highest BCUT2D eigenvalue weighted by atomic mass is 16.2. The average molecular weight is 612 g/mol. The summed E-state index contributed by atoms with van der Waals surface area (Å²) in [4.78, 5) is 40.6. The molecule has 2 atom stereocenters. The Balaban J connectivity index is 1.61. The smallest absolute Gasteiger partial charge is 0.251 e. The van der Waals surface area contributed by atoms with Gasteiger partial charge in [-0.25, -0.2) is 0 Å². The number of carbonyl (C=O) groups excluding carboxylic acids is 3. The Hall–Kier alpha value is -4.63. The normalized spacial score (nSPS) is 17.4. The number of amides is 3. The molecule has 1 aliphatic carbocycles. The fourth-order valence-electron chi connectivity index (χ4n) is 6.81. The molecule has 1 saturated heterocycles. The monoisotopic (exact) mass is 611 g/mol. The van der Waals surface area contributed by atoms with E-state index in [2.05, 4.69) is 49.6 Å². The van der Waals surface area contributed by atoms with Crippen molar-refractivity contribution >= 4 is 17.7 Å². The van der Waals surface area contributed by atoms with Crippen LogP contribution < -0.4 is 16.0 Å². The van der Waals surface area contributed by atoms with Gasteiger partial charge in [0.1, 0.15) is 6.04 Å². The number of nitrogens with one attached hydrogen (secondary N) is 4. The third-order valence-electron chi connectivity index (χ3n) is 9.03. The van der Waals surface area contributed by atoms with Crippen molar-refractivity contribution in [3.63, 3.8) is 0 Å². The van der Waals surface area contributed by atoms with Crippen LogP contribution in [0.15, 0.2) is 36.4 Å². The minimum atomic E-state index is -0.909. The lowest BCUT2D eigenvalue weighted by Gasteiger charge is -2.37. The molecule has 1 aromatic heterocycles. The van der Waals surface area contributed by atoms with Crippen LogP contribution in [0.3, 0.4) is 0 Å². The fraction of sp³-hybridized carbons (Fsp3) is 0.485. The van der Waals surface area contributed by atoms with Gasteiger partial charge in [-0.3, -0.25) is 14.4 Å². The maximum absolute atomic E-state index is 13.2. The molecule has 236 valence electrons. The van der Waals surface area contributed by atoms with Gasteiger partial charge in [-0.1, -0.05) is 24.3 Å². The minimum absolute atomic E-state index is 0.0917. The number of likely N-dealkylation sites (tertiary alicyclic amines) is 1. The molecule has 3 amide bonds. The predicted molar refractivity (Wildman–Crippen MR) is 167 cm³/mol. The van der Waals surface area contributed by atoms with Crippen molar-refractivity contribution in [1.82, 2.24) is 41.5 Å². The molecule has 5 rings (SSSR count). The first-order valence-corrected chi connectivity index (χ1v) is 15.9. The number of tetrazole rings is 1. The van der Waals surface area contributed by atoms with Crippen molar-refractivity contribution in [2.24, 2.45) is 0 Å². The molecule has 2 aliphatic rings. The zero-order chi connectivity index (χ0) is 32.0. The Bertz CT molecular complexity index is 1510. The van der Waals surface area contributed by atoms with Crippen molar-refractivity contribution in [1.29, 1.82) is 5.26 Å². The van der Waals surface area contributed by atoms with E-state index in [0.717, 1.165) is 28.7 Å². The summed E-state index contributed by atoms with van der Waals surface area (Å²) < 4.78 is 0. The van der Waals surface area contributed by atoms with Crippen molar-refractivity contribution in [3.8, 4) is 6.07 Å². The largest absolute Gasteiger partial charge is 0.352 e. The van der Waals surface area contributed by atoms with Crippen LogP contribution in [0.5, 0.6) is 0 Å². The van der Waals surface area contributed by atoms with Gasteiger partial charge in [0.05, 0.1) is 18.0 Å². The molecule has 0 unspecified atom stereocenters. The Labute approximate surface area is 263 Å². The van der Waals surface area contributed by atoms with Crippen LogP contribution in [-0.4, -0.2) is 81.5 Å². The Morgan fingerprint density at radius 3 is 2.16 bits per heavy atom. The summed E-state index contributed by atoms with van der Waals surface area (Å²) in [7, 11) is 0. The predicted octanol–water partition coefficient (Wildman–Crippen LogP) is 2.40. The van der Waals surface area contributed by atoms with Crippen molar-refractivity contribution in [3.05, 3.63) is 75.6 Å². The number of aryl methyl sites for hydroxylation is 2. The molecule has 0 bridgehead atoms. The Kier molecular flexibility index (Phi) is 9.88. The number of benzene rings is 2. The number of carbonyl (C=O) groups is 3. The molecule has 0 radical (unpaired) electrons. The van der Waals surface area contributed by atoms with E-state index < -0.39 is 5.41 Å². The lowest BCUT2D eigenvalue weighted by atomic mass is 9.67. The molecule has 45 heavy (non-hydrogen) atoms. The fourth-order valence-corrected chi connectivity index (χ4v) is 6.81. The average Bonchev–Trinajstić information content (AvgIpc) is 3.75. The molecule has 0 saturated carbocycles. The number of aromatic nitrogens is 4. The van der Waals surface area contributed by atoms with Gasteiger partial charge >= 0.3 is 0 Å². The zero-order valence-corrected chi connectivity index (χ0v) is 26.2. The molecular weight excluding hydrogens is 570 g/mol. The highest BCUT2D eigenvalue weighted by Gasteiger charge is 2.46. The minimum Gasteiger partial charge on any atom is -0.352 e. The lowest BCUT2D eigenvalue weighted by molar-refractivity contribution is -0.130. The molecule has 12 heteroatoms. The number of fused-ring (bicyclic) bond motifs is 2.